The molecule has 0 spiro atoms. The van der Waals surface area contributed by atoms with Gasteiger partial charge >= 0.3 is 5.97 Å². The van der Waals surface area contributed by atoms with Crippen LogP contribution in [0.3, 0.4) is 0 Å². The van der Waals surface area contributed by atoms with Crippen molar-refractivity contribution in [3.8, 4) is 11.5 Å². The third-order valence-electron chi connectivity index (χ3n) is 4.29. The summed E-state index contributed by atoms with van der Waals surface area (Å²) in [4.78, 5) is 11.6. The van der Waals surface area contributed by atoms with Gasteiger partial charge in [0.25, 0.3) is 0 Å². The molecule has 0 aromatic heterocycles. The van der Waals surface area contributed by atoms with Crippen molar-refractivity contribution < 1.29 is 14.3 Å². The van der Waals surface area contributed by atoms with Crippen molar-refractivity contribution in [2.45, 2.75) is 64.3 Å². The third kappa shape index (κ3) is 4.46. The van der Waals surface area contributed by atoms with Crippen LogP contribution in [0.2, 0.25) is 16.6 Å². The average molecular weight is 311 g/mol. The van der Waals surface area contributed by atoms with Gasteiger partial charge in [0, 0.05) is 7.11 Å². The first-order valence-electron chi connectivity index (χ1n) is 7.47. The fourth-order valence-electron chi connectivity index (χ4n) is 3.15. The van der Waals surface area contributed by atoms with Crippen LogP contribution >= 0.6 is 0 Å². The lowest BCUT2D eigenvalue weighted by molar-refractivity contribution is -0.137. The number of methoxy groups -OCH3 is 2. The molecule has 0 radical (unpaired) electrons. The molecule has 0 aliphatic rings. The molecule has 1 atom stereocenters. The molecular formula is C17H30O3Si. The maximum atomic E-state index is 11.6. The maximum Gasteiger partial charge on any atom is 0.336 e. The smallest absolute Gasteiger partial charge is 0.336 e. The van der Waals surface area contributed by atoms with Crippen LogP contribution < -0.4 is 0 Å². The molecule has 0 N–H and O–H groups in total. The third-order valence-corrected chi connectivity index (χ3v) is 10.6. The number of hydrogen-bond donors (Lipinski definition) is 0. The van der Waals surface area contributed by atoms with Crippen LogP contribution in [0.5, 0.6) is 0 Å². The molecule has 0 aliphatic heterocycles. The number of hydrogen-bond acceptors (Lipinski definition) is 3. The molecule has 0 aromatic rings. The summed E-state index contributed by atoms with van der Waals surface area (Å²) in [6, 6.07) is 0. The van der Waals surface area contributed by atoms with Gasteiger partial charge in [-0.15, -0.1) is 5.54 Å². The van der Waals surface area contributed by atoms with Crippen LogP contribution in [0.15, 0.2) is 12.2 Å². The number of ether oxygens (including phenoxy) is 2. The van der Waals surface area contributed by atoms with Crippen molar-refractivity contribution in [3.63, 3.8) is 0 Å². The Bertz CT molecular complexity index is 405. The number of carbonyl (C=O) groups excluding carboxylic acids is 1. The van der Waals surface area contributed by atoms with Crippen LogP contribution in [0.4, 0.5) is 0 Å². The van der Waals surface area contributed by atoms with Gasteiger partial charge in [-0.2, -0.15) is 0 Å². The first-order valence-corrected chi connectivity index (χ1v) is 9.70. The van der Waals surface area contributed by atoms with Crippen molar-refractivity contribution in [1.82, 2.24) is 0 Å². The van der Waals surface area contributed by atoms with E-state index in [-0.39, 0.29) is 5.57 Å². The fourth-order valence-corrected chi connectivity index (χ4v) is 8.40. The second kappa shape index (κ2) is 8.40. The molecule has 0 aromatic carbocycles. The summed E-state index contributed by atoms with van der Waals surface area (Å²) in [7, 11) is 1.04. The first-order chi connectivity index (χ1) is 9.64. The second-order valence-electron chi connectivity index (χ2n) is 6.30. The standard InChI is InChI=1S/C17H30O3Si/c1-12(2)21(13(3)4,14(5)6)11-10-16(19-8)15(7)17(18)20-9/h12-14,16H,7H2,1-6,8-9H3. The van der Waals surface area contributed by atoms with Gasteiger partial charge < -0.3 is 9.47 Å². The summed E-state index contributed by atoms with van der Waals surface area (Å²) < 4.78 is 10.0. The molecule has 1 unspecified atom stereocenters. The van der Waals surface area contributed by atoms with Crippen molar-refractivity contribution in [2.24, 2.45) is 0 Å². The Hall–Kier alpha value is -1.05. The van der Waals surface area contributed by atoms with Gasteiger partial charge in [-0.1, -0.05) is 54.0 Å². The molecule has 0 aliphatic carbocycles. The molecule has 120 valence electrons. The predicted octanol–water partition coefficient (Wildman–Crippen LogP) is 3.95. The summed E-state index contributed by atoms with van der Waals surface area (Å²) in [6.45, 7) is 17.2. The summed E-state index contributed by atoms with van der Waals surface area (Å²) in [6.07, 6.45) is -0.597. The van der Waals surface area contributed by atoms with Gasteiger partial charge in [-0.25, -0.2) is 4.79 Å². The SMILES string of the molecule is C=C(C(=O)OC)C(C#C[Si](C(C)C)(C(C)C)C(C)C)OC. The largest absolute Gasteiger partial charge is 0.466 e. The van der Waals surface area contributed by atoms with E-state index in [0.29, 0.717) is 16.6 Å². The fraction of sp³-hybridized carbons (Fsp3) is 0.706. The Labute approximate surface area is 131 Å². The lowest BCUT2D eigenvalue weighted by Gasteiger charge is -2.38. The highest BCUT2D eigenvalue weighted by atomic mass is 28.3. The highest BCUT2D eigenvalue weighted by Gasteiger charge is 2.41. The van der Waals surface area contributed by atoms with Gasteiger partial charge in [-0.3, -0.25) is 0 Å². The Morgan fingerprint density at radius 2 is 1.43 bits per heavy atom. The highest BCUT2D eigenvalue weighted by Crippen LogP contribution is 2.40. The Balaban J connectivity index is 5.64. The van der Waals surface area contributed by atoms with Crippen LogP contribution in [0.25, 0.3) is 0 Å². The van der Waals surface area contributed by atoms with E-state index in [1.165, 1.54) is 14.2 Å². The second-order valence-corrected chi connectivity index (χ2v) is 11.9. The summed E-state index contributed by atoms with van der Waals surface area (Å²) in [5.41, 5.74) is 5.40. The molecule has 0 bridgehead atoms. The van der Waals surface area contributed by atoms with Gasteiger partial charge in [0.1, 0.15) is 14.2 Å². The number of esters is 1. The zero-order valence-electron chi connectivity index (χ0n) is 14.7. The van der Waals surface area contributed by atoms with E-state index in [1.54, 1.807) is 0 Å². The quantitative estimate of drug-likeness (QED) is 0.322. The molecular weight excluding hydrogens is 280 g/mol. The Morgan fingerprint density at radius 1 is 1.00 bits per heavy atom. The Kier molecular flexibility index (Phi) is 7.98. The number of carbonyl (C=O) groups is 1. The summed E-state index contributed by atoms with van der Waals surface area (Å²) in [5, 5.41) is 0. The van der Waals surface area contributed by atoms with Gasteiger partial charge in [0.05, 0.1) is 12.7 Å². The van der Waals surface area contributed by atoms with E-state index >= 15 is 0 Å². The monoisotopic (exact) mass is 310 g/mol. The average Bonchev–Trinajstić information content (AvgIpc) is 2.40. The van der Waals surface area contributed by atoms with Crippen molar-refractivity contribution >= 4 is 14.0 Å². The minimum atomic E-state index is -1.83. The van der Waals surface area contributed by atoms with Crippen LogP contribution in [0.1, 0.15) is 41.5 Å². The highest BCUT2D eigenvalue weighted by molar-refractivity contribution is 6.90. The Morgan fingerprint density at radius 3 is 1.71 bits per heavy atom. The summed E-state index contributed by atoms with van der Waals surface area (Å²) >= 11 is 0. The van der Waals surface area contributed by atoms with Gasteiger partial charge in [0.15, 0.2) is 0 Å². The molecule has 21 heavy (non-hydrogen) atoms. The first kappa shape index (κ1) is 19.9. The number of rotatable bonds is 6. The zero-order valence-corrected chi connectivity index (χ0v) is 15.7. The van der Waals surface area contributed by atoms with E-state index in [4.69, 9.17) is 9.47 Å². The van der Waals surface area contributed by atoms with E-state index < -0.39 is 20.1 Å². The van der Waals surface area contributed by atoms with Crippen LogP contribution in [-0.2, 0) is 14.3 Å². The van der Waals surface area contributed by atoms with Crippen LogP contribution in [-0.4, -0.2) is 34.4 Å². The van der Waals surface area contributed by atoms with E-state index in [0.717, 1.165) is 0 Å². The molecule has 0 saturated carbocycles. The van der Waals surface area contributed by atoms with Crippen molar-refractivity contribution in [2.75, 3.05) is 14.2 Å². The molecule has 0 fully saturated rings. The zero-order chi connectivity index (χ0) is 16.8. The van der Waals surface area contributed by atoms with Crippen molar-refractivity contribution in [1.29, 1.82) is 0 Å². The minimum Gasteiger partial charge on any atom is -0.466 e. The van der Waals surface area contributed by atoms with Gasteiger partial charge in [-0.05, 0) is 16.6 Å². The van der Waals surface area contributed by atoms with Crippen LogP contribution in [0, 0.1) is 11.5 Å². The van der Waals surface area contributed by atoms with E-state index in [9.17, 15) is 4.79 Å². The lowest BCUT2D eigenvalue weighted by Crippen LogP contribution is -2.43. The van der Waals surface area contributed by atoms with Crippen molar-refractivity contribution in [3.05, 3.63) is 12.2 Å². The van der Waals surface area contributed by atoms with E-state index in [2.05, 4.69) is 59.6 Å². The normalized spacial score (nSPS) is 13.1. The lowest BCUT2D eigenvalue weighted by atomic mass is 10.2. The predicted molar refractivity (Wildman–Crippen MR) is 90.8 cm³/mol. The van der Waals surface area contributed by atoms with Gasteiger partial charge in [0.2, 0.25) is 0 Å². The molecule has 4 heteroatoms. The minimum absolute atomic E-state index is 0.256. The molecule has 0 amide bonds. The molecule has 0 rings (SSSR count). The van der Waals surface area contributed by atoms with E-state index in [1.807, 2.05) is 0 Å². The molecule has 0 saturated heterocycles. The molecule has 0 heterocycles. The molecule has 3 nitrogen and oxygen atoms in total. The maximum absolute atomic E-state index is 11.6. The summed E-state index contributed by atoms with van der Waals surface area (Å²) in [5.74, 6) is 2.69. The topological polar surface area (TPSA) is 35.5 Å².